The molecule has 222 valence electrons. The number of thiazole rings is 1. The molecule has 9 aromatic rings. The van der Waals surface area contributed by atoms with E-state index in [-0.39, 0.29) is 0 Å². The predicted octanol–water partition coefficient (Wildman–Crippen LogP) is 12.7. The summed E-state index contributed by atoms with van der Waals surface area (Å²) in [6, 6.07) is 59.5. The van der Waals surface area contributed by atoms with Crippen molar-refractivity contribution in [3.8, 4) is 32.8 Å². The van der Waals surface area contributed by atoms with Crippen LogP contribution in [-0.2, 0) is 0 Å². The Morgan fingerprint density at radius 3 is 1.68 bits per heavy atom. The number of para-hydroxylation sites is 2. The summed E-state index contributed by atoms with van der Waals surface area (Å²) in [4.78, 5) is 7.51. The second-order valence-corrected chi connectivity index (χ2v) is 12.6. The number of anilines is 3. The molecule has 0 saturated heterocycles. The molecule has 0 atom stereocenters. The van der Waals surface area contributed by atoms with Gasteiger partial charge >= 0.3 is 0 Å². The van der Waals surface area contributed by atoms with Crippen LogP contribution in [0.1, 0.15) is 0 Å². The minimum atomic E-state index is 0.868. The Labute approximate surface area is 276 Å². The Morgan fingerprint density at radius 2 is 1.00 bits per heavy atom. The highest BCUT2D eigenvalue weighted by molar-refractivity contribution is 7.21. The van der Waals surface area contributed by atoms with Crippen LogP contribution in [0.25, 0.3) is 65.0 Å². The topological polar surface area (TPSA) is 29.3 Å². The molecule has 0 N–H and O–H groups in total. The number of hydrogen-bond donors (Lipinski definition) is 0. The molecule has 0 aliphatic rings. The molecule has 0 bridgehead atoms. The maximum atomic E-state index is 6.58. The zero-order valence-electron chi connectivity index (χ0n) is 25.4. The molecule has 0 saturated carbocycles. The van der Waals surface area contributed by atoms with Crippen LogP contribution in [-0.4, -0.2) is 4.98 Å². The Balaban J connectivity index is 1.19. The Bertz CT molecular complexity index is 2480. The number of furan rings is 1. The summed E-state index contributed by atoms with van der Waals surface area (Å²) < 4.78 is 7.72. The number of hydrogen-bond acceptors (Lipinski definition) is 4. The summed E-state index contributed by atoms with van der Waals surface area (Å²) in [7, 11) is 0. The molecule has 0 unspecified atom stereocenters. The molecule has 9 rings (SSSR count). The highest BCUT2D eigenvalue weighted by Crippen LogP contribution is 2.45. The zero-order chi connectivity index (χ0) is 31.2. The van der Waals surface area contributed by atoms with E-state index in [0.29, 0.717) is 0 Å². The Morgan fingerprint density at radius 1 is 0.468 bits per heavy atom. The van der Waals surface area contributed by atoms with Crippen molar-refractivity contribution in [2.45, 2.75) is 0 Å². The summed E-state index contributed by atoms with van der Waals surface area (Å²) in [5, 5.41) is 3.23. The third kappa shape index (κ3) is 4.87. The SMILES string of the molecule is c1ccc(-c2ccc(N(c3ccccc3)c3ccc(-c4c5nc(-c6ccccc6)sc5cc5c4oc4ccccc45)cc3)cc2)cc1. The van der Waals surface area contributed by atoms with Gasteiger partial charge in [-0.25, -0.2) is 4.98 Å². The Kier molecular flexibility index (Phi) is 6.65. The third-order valence-electron chi connectivity index (χ3n) is 8.71. The van der Waals surface area contributed by atoms with Crippen molar-refractivity contribution in [3.05, 3.63) is 170 Å². The standard InChI is InChI=1S/C43H28N2OS/c1-4-12-29(13-5-1)30-20-24-34(25-21-30)45(33-16-8-3-9-17-33)35-26-22-31(23-27-35)40-41-39(47-43(44-41)32-14-6-2-7-15-32)28-37-36-18-10-11-19-38(36)46-42(37)40/h1-28H. The number of aromatic nitrogens is 1. The summed E-state index contributed by atoms with van der Waals surface area (Å²) in [5.41, 5.74) is 11.6. The van der Waals surface area contributed by atoms with Crippen LogP contribution in [0.2, 0.25) is 0 Å². The number of fused-ring (bicyclic) bond motifs is 4. The molecular formula is C43H28N2OS. The first-order valence-corrected chi connectivity index (χ1v) is 16.5. The van der Waals surface area contributed by atoms with Crippen molar-refractivity contribution in [1.82, 2.24) is 4.98 Å². The van der Waals surface area contributed by atoms with Gasteiger partial charge < -0.3 is 9.32 Å². The molecule has 4 heteroatoms. The molecule has 0 spiro atoms. The van der Waals surface area contributed by atoms with E-state index in [0.717, 1.165) is 70.9 Å². The first-order chi connectivity index (χ1) is 23.3. The average molecular weight is 621 g/mol. The van der Waals surface area contributed by atoms with Crippen LogP contribution >= 0.6 is 11.3 Å². The first-order valence-electron chi connectivity index (χ1n) is 15.7. The average Bonchev–Trinajstić information content (AvgIpc) is 3.74. The van der Waals surface area contributed by atoms with E-state index in [1.54, 1.807) is 11.3 Å². The first kappa shape index (κ1) is 27.3. The minimum absolute atomic E-state index is 0.868. The van der Waals surface area contributed by atoms with Crippen LogP contribution in [0.3, 0.4) is 0 Å². The highest BCUT2D eigenvalue weighted by atomic mass is 32.1. The second kappa shape index (κ2) is 11.4. The molecule has 47 heavy (non-hydrogen) atoms. The lowest BCUT2D eigenvalue weighted by atomic mass is 10.00. The van der Waals surface area contributed by atoms with Crippen molar-refractivity contribution in [3.63, 3.8) is 0 Å². The molecule has 0 amide bonds. The summed E-state index contributed by atoms with van der Waals surface area (Å²) in [5.74, 6) is 0. The van der Waals surface area contributed by atoms with Gasteiger partial charge in [0, 0.05) is 33.4 Å². The molecule has 2 aromatic heterocycles. The van der Waals surface area contributed by atoms with Gasteiger partial charge in [-0.1, -0.05) is 121 Å². The molecule has 0 radical (unpaired) electrons. The van der Waals surface area contributed by atoms with Crippen molar-refractivity contribution in [2.75, 3.05) is 4.90 Å². The highest BCUT2D eigenvalue weighted by Gasteiger charge is 2.21. The smallest absolute Gasteiger partial charge is 0.145 e. The zero-order valence-corrected chi connectivity index (χ0v) is 26.2. The maximum absolute atomic E-state index is 6.58. The van der Waals surface area contributed by atoms with Gasteiger partial charge in [0.15, 0.2) is 0 Å². The van der Waals surface area contributed by atoms with E-state index in [9.17, 15) is 0 Å². The fourth-order valence-corrected chi connectivity index (χ4v) is 7.47. The van der Waals surface area contributed by atoms with Crippen molar-refractivity contribution in [1.29, 1.82) is 0 Å². The molecule has 0 fully saturated rings. The van der Waals surface area contributed by atoms with Crippen LogP contribution in [0.15, 0.2) is 174 Å². The monoisotopic (exact) mass is 620 g/mol. The predicted molar refractivity (Wildman–Crippen MR) is 198 cm³/mol. The molecule has 7 aromatic carbocycles. The largest absolute Gasteiger partial charge is 0.455 e. The van der Waals surface area contributed by atoms with Gasteiger partial charge in [0.2, 0.25) is 0 Å². The van der Waals surface area contributed by atoms with Gasteiger partial charge in [0.1, 0.15) is 16.2 Å². The Hall–Kier alpha value is -5.97. The van der Waals surface area contributed by atoms with Crippen molar-refractivity contribution in [2.24, 2.45) is 0 Å². The number of rotatable bonds is 6. The van der Waals surface area contributed by atoms with Gasteiger partial charge in [0.05, 0.1) is 15.8 Å². The lowest BCUT2D eigenvalue weighted by Gasteiger charge is -2.26. The van der Waals surface area contributed by atoms with E-state index < -0.39 is 0 Å². The van der Waals surface area contributed by atoms with E-state index in [4.69, 9.17) is 9.40 Å². The van der Waals surface area contributed by atoms with Gasteiger partial charge in [0.25, 0.3) is 0 Å². The van der Waals surface area contributed by atoms with Gasteiger partial charge in [-0.15, -0.1) is 11.3 Å². The lowest BCUT2D eigenvalue weighted by molar-refractivity contribution is 0.670. The van der Waals surface area contributed by atoms with Crippen LogP contribution in [0, 0.1) is 0 Å². The maximum Gasteiger partial charge on any atom is 0.145 e. The minimum Gasteiger partial charge on any atom is -0.455 e. The van der Waals surface area contributed by atoms with E-state index >= 15 is 0 Å². The number of benzene rings is 7. The van der Waals surface area contributed by atoms with Gasteiger partial charge in [-0.2, -0.15) is 0 Å². The second-order valence-electron chi connectivity index (χ2n) is 11.6. The molecule has 0 aliphatic carbocycles. The molecule has 2 heterocycles. The van der Waals surface area contributed by atoms with Crippen LogP contribution in [0.4, 0.5) is 17.1 Å². The van der Waals surface area contributed by atoms with E-state index in [1.807, 2.05) is 18.2 Å². The molecule has 3 nitrogen and oxygen atoms in total. The van der Waals surface area contributed by atoms with E-state index in [2.05, 4.69) is 157 Å². The van der Waals surface area contributed by atoms with Gasteiger partial charge in [-0.3, -0.25) is 0 Å². The summed E-state index contributed by atoms with van der Waals surface area (Å²) >= 11 is 1.73. The molecular weight excluding hydrogens is 593 g/mol. The number of nitrogens with zero attached hydrogens (tertiary/aromatic N) is 2. The van der Waals surface area contributed by atoms with E-state index in [1.165, 1.54) is 11.1 Å². The lowest BCUT2D eigenvalue weighted by Crippen LogP contribution is -2.09. The summed E-state index contributed by atoms with van der Waals surface area (Å²) in [6.45, 7) is 0. The normalized spacial score (nSPS) is 11.4. The quantitative estimate of drug-likeness (QED) is 0.185. The van der Waals surface area contributed by atoms with Crippen molar-refractivity contribution < 1.29 is 4.42 Å². The summed E-state index contributed by atoms with van der Waals surface area (Å²) in [6.07, 6.45) is 0. The van der Waals surface area contributed by atoms with Gasteiger partial charge in [-0.05, 0) is 65.2 Å². The fraction of sp³-hybridized carbons (Fsp3) is 0. The fourth-order valence-electron chi connectivity index (χ4n) is 6.45. The molecule has 0 aliphatic heterocycles. The van der Waals surface area contributed by atoms with Crippen LogP contribution < -0.4 is 4.90 Å². The third-order valence-corrected chi connectivity index (χ3v) is 9.76. The van der Waals surface area contributed by atoms with Crippen LogP contribution in [0.5, 0.6) is 0 Å². The van der Waals surface area contributed by atoms with Crippen molar-refractivity contribution >= 4 is 60.6 Å².